The zero-order valence-corrected chi connectivity index (χ0v) is 13.4. The van der Waals surface area contributed by atoms with Crippen LogP contribution in [0.25, 0.3) is 11.1 Å². The van der Waals surface area contributed by atoms with Crippen LogP contribution in [0.15, 0.2) is 49.2 Å². The second-order valence-electron chi connectivity index (χ2n) is 5.23. The Bertz CT molecular complexity index is 859. The van der Waals surface area contributed by atoms with Gasteiger partial charge in [-0.25, -0.2) is 4.98 Å². The van der Waals surface area contributed by atoms with E-state index in [1.807, 2.05) is 19.3 Å². The smallest absolute Gasteiger partial charge is 0.257 e. The molecule has 122 valence electrons. The summed E-state index contributed by atoms with van der Waals surface area (Å²) in [5.41, 5.74) is 3.23. The summed E-state index contributed by atoms with van der Waals surface area (Å²) >= 11 is 0. The fraction of sp³-hybridized carbons (Fsp3) is 0.176. The van der Waals surface area contributed by atoms with E-state index in [2.05, 4.69) is 20.4 Å². The van der Waals surface area contributed by atoms with Crippen molar-refractivity contribution in [2.75, 3.05) is 7.11 Å². The van der Waals surface area contributed by atoms with Crippen LogP contribution in [0.5, 0.6) is 5.88 Å². The number of nitrogens with one attached hydrogen (secondary N) is 1. The van der Waals surface area contributed by atoms with Gasteiger partial charge < -0.3 is 10.1 Å². The number of ether oxygens (including phenoxy) is 1. The molecule has 0 aliphatic heterocycles. The number of carbonyl (C=O) groups is 1. The van der Waals surface area contributed by atoms with Crippen LogP contribution in [-0.2, 0) is 13.6 Å². The van der Waals surface area contributed by atoms with Crippen molar-refractivity contribution >= 4 is 5.91 Å². The van der Waals surface area contributed by atoms with Crippen LogP contribution >= 0.6 is 0 Å². The molecule has 0 aliphatic carbocycles. The zero-order valence-electron chi connectivity index (χ0n) is 13.4. The maximum atomic E-state index is 12.3. The zero-order chi connectivity index (χ0) is 16.9. The van der Waals surface area contributed by atoms with Gasteiger partial charge in [0.05, 0.1) is 13.3 Å². The SMILES string of the molecule is COc1ncccc1C(=O)NCc1cncc(-c2cnn(C)c2)c1. The standard InChI is InChI=1S/C17H17N5O2/c1-22-11-14(10-21-22)13-6-12(7-18-9-13)8-20-16(23)15-4-3-5-19-17(15)24-2/h3-7,9-11H,8H2,1-2H3,(H,20,23). The van der Waals surface area contributed by atoms with E-state index in [9.17, 15) is 4.79 Å². The Hall–Kier alpha value is -3.22. The van der Waals surface area contributed by atoms with Crippen LogP contribution in [0.4, 0.5) is 0 Å². The van der Waals surface area contributed by atoms with Crippen molar-refractivity contribution in [3.8, 4) is 17.0 Å². The second-order valence-corrected chi connectivity index (χ2v) is 5.23. The van der Waals surface area contributed by atoms with E-state index in [4.69, 9.17) is 4.74 Å². The summed E-state index contributed by atoms with van der Waals surface area (Å²) in [4.78, 5) is 20.5. The van der Waals surface area contributed by atoms with E-state index in [0.29, 0.717) is 18.0 Å². The van der Waals surface area contributed by atoms with Gasteiger partial charge in [-0.3, -0.25) is 14.5 Å². The minimum Gasteiger partial charge on any atom is -0.480 e. The first-order chi connectivity index (χ1) is 11.7. The molecule has 7 heteroatoms. The first-order valence-electron chi connectivity index (χ1n) is 7.37. The van der Waals surface area contributed by atoms with Gasteiger partial charge in [-0.05, 0) is 23.8 Å². The molecule has 3 aromatic heterocycles. The Morgan fingerprint density at radius 1 is 1.29 bits per heavy atom. The van der Waals surface area contributed by atoms with Crippen LogP contribution in [0.1, 0.15) is 15.9 Å². The summed E-state index contributed by atoms with van der Waals surface area (Å²) in [6.45, 7) is 0.359. The number of aromatic nitrogens is 4. The first kappa shape index (κ1) is 15.7. The normalized spacial score (nSPS) is 10.4. The number of aryl methyl sites for hydroxylation is 1. The summed E-state index contributed by atoms with van der Waals surface area (Å²) in [6, 6.07) is 5.35. The van der Waals surface area contributed by atoms with E-state index in [0.717, 1.165) is 16.7 Å². The third-order valence-corrected chi connectivity index (χ3v) is 3.50. The summed E-state index contributed by atoms with van der Waals surface area (Å²) in [6.07, 6.45) is 8.77. The highest BCUT2D eigenvalue weighted by molar-refractivity contribution is 5.96. The van der Waals surface area contributed by atoms with Gasteiger partial charge in [0, 0.05) is 49.5 Å². The average Bonchev–Trinajstić information content (AvgIpc) is 3.06. The number of amides is 1. The molecule has 0 aromatic carbocycles. The van der Waals surface area contributed by atoms with E-state index in [1.165, 1.54) is 7.11 Å². The Kier molecular flexibility index (Phi) is 4.51. The number of hydrogen-bond donors (Lipinski definition) is 1. The van der Waals surface area contributed by atoms with Gasteiger partial charge in [-0.1, -0.05) is 0 Å². The van der Waals surface area contributed by atoms with E-state index in [1.54, 1.807) is 41.6 Å². The molecule has 0 saturated heterocycles. The minimum absolute atomic E-state index is 0.244. The Morgan fingerprint density at radius 2 is 2.17 bits per heavy atom. The van der Waals surface area contributed by atoms with Gasteiger partial charge in [0.25, 0.3) is 5.91 Å². The highest BCUT2D eigenvalue weighted by atomic mass is 16.5. The third kappa shape index (κ3) is 3.40. The summed E-state index contributed by atoms with van der Waals surface area (Å²) in [5, 5.41) is 7.01. The molecule has 3 aromatic rings. The first-order valence-corrected chi connectivity index (χ1v) is 7.37. The molecule has 0 fully saturated rings. The van der Waals surface area contributed by atoms with Crippen molar-refractivity contribution in [2.24, 2.45) is 7.05 Å². The van der Waals surface area contributed by atoms with Crippen LogP contribution in [-0.4, -0.2) is 32.8 Å². The molecule has 0 spiro atoms. The molecule has 0 unspecified atom stereocenters. The molecular weight excluding hydrogens is 306 g/mol. The highest BCUT2D eigenvalue weighted by Gasteiger charge is 2.12. The van der Waals surface area contributed by atoms with Crippen LogP contribution in [0, 0.1) is 0 Å². The van der Waals surface area contributed by atoms with Gasteiger partial charge in [0.1, 0.15) is 5.56 Å². The van der Waals surface area contributed by atoms with Crippen LogP contribution in [0.2, 0.25) is 0 Å². The second kappa shape index (κ2) is 6.91. The third-order valence-electron chi connectivity index (χ3n) is 3.50. The number of carbonyl (C=O) groups excluding carboxylic acids is 1. The molecule has 0 atom stereocenters. The molecule has 0 saturated carbocycles. The molecule has 3 rings (SSSR count). The topological polar surface area (TPSA) is 81.9 Å². The summed E-state index contributed by atoms with van der Waals surface area (Å²) in [7, 11) is 3.35. The van der Waals surface area contributed by atoms with Gasteiger partial charge in [0.2, 0.25) is 5.88 Å². The molecule has 3 heterocycles. The predicted octanol–water partition coefficient (Wildman–Crippen LogP) is 1.82. The summed E-state index contributed by atoms with van der Waals surface area (Å²) < 4.78 is 6.84. The lowest BCUT2D eigenvalue weighted by Gasteiger charge is -2.08. The molecule has 0 radical (unpaired) electrons. The Labute approximate surface area is 139 Å². The summed E-state index contributed by atoms with van der Waals surface area (Å²) in [5.74, 6) is 0.0592. The predicted molar refractivity (Wildman–Crippen MR) is 88.4 cm³/mol. The highest BCUT2D eigenvalue weighted by Crippen LogP contribution is 2.18. The molecule has 1 N–H and O–H groups in total. The molecule has 7 nitrogen and oxygen atoms in total. The lowest BCUT2D eigenvalue weighted by atomic mass is 10.1. The van der Waals surface area contributed by atoms with Crippen LogP contribution in [0.3, 0.4) is 0 Å². The molecule has 1 amide bonds. The van der Waals surface area contributed by atoms with Crippen molar-refractivity contribution in [2.45, 2.75) is 6.54 Å². The van der Waals surface area contributed by atoms with Gasteiger partial charge in [-0.2, -0.15) is 5.10 Å². The van der Waals surface area contributed by atoms with Gasteiger partial charge in [0.15, 0.2) is 0 Å². The lowest BCUT2D eigenvalue weighted by Crippen LogP contribution is -2.23. The van der Waals surface area contributed by atoms with Crippen molar-refractivity contribution in [1.82, 2.24) is 25.1 Å². The number of rotatable bonds is 5. The van der Waals surface area contributed by atoms with Crippen molar-refractivity contribution in [1.29, 1.82) is 0 Å². The van der Waals surface area contributed by atoms with Crippen molar-refractivity contribution in [3.05, 3.63) is 60.3 Å². The Balaban J connectivity index is 1.72. The maximum absolute atomic E-state index is 12.3. The quantitative estimate of drug-likeness (QED) is 0.774. The average molecular weight is 323 g/mol. The van der Waals surface area contributed by atoms with E-state index < -0.39 is 0 Å². The number of hydrogen-bond acceptors (Lipinski definition) is 5. The molecule has 0 aliphatic rings. The monoisotopic (exact) mass is 323 g/mol. The lowest BCUT2D eigenvalue weighted by molar-refractivity contribution is 0.0947. The van der Waals surface area contributed by atoms with Gasteiger partial charge in [-0.15, -0.1) is 0 Å². The number of nitrogens with zero attached hydrogens (tertiary/aromatic N) is 4. The fourth-order valence-corrected chi connectivity index (χ4v) is 2.32. The van der Waals surface area contributed by atoms with Crippen LogP contribution < -0.4 is 10.1 Å². The number of methoxy groups -OCH3 is 1. The fourth-order valence-electron chi connectivity index (χ4n) is 2.32. The molecular formula is C17H17N5O2. The van der Waals surface area contributed by atoms with Crippen molar-refractivity contribution < 1.29 is 9.53 Å². The minimum atomic E-state index is -0.244. The molecule has 0 bridgehead atoms. The Morgan fingerprint density at radius 3 is 2.92 bits per heavy atom. The van der Waals surface area contributed by atoms with Gasteiger partial charge >= 0.3 is 0 Å². The molecule has 24 heavy (non-hydrogen) atoms. The maximum Gasteiger partial charge on any atom is 0.257 e. The van der Waals surface area contributed by atoms with Crippen molar-refractivity contribution in [3.63, 3.8) is 0 Å². The largest absolute Gasteiger partial charge is 0.480 e. The van der Waals surface area contributed by atoms with E-state index >= 15 is 0 Å². The van der Waals surface area contributed by atoms with E-state index in [-0.39, 0.29) is 5.91 Å². The number of pyridine rings is 2.